The first-order valence-corrected chi connectivity index (χ1v) is 16.9. The Bertz CT molecular complexity index is 1520. The van der Waals surface area contributed by atoms with Crippen LogP contribution < -0.4 is 20.1 Å². The minimum absolute atomic E-state index is 0.181. The van der Waals surface area contributed by atoms with Gasteiger partial charge in [-0.3, -0.25) is 9.59 Å². The van der Waals surface area contributed by atoms with Crippen LogP contribution in [0.4, 0.5) is 16.2 Å². The van der Waals surface area contributed by atoms with Crippen molar-refractivity contribution < 1.29 is 33.7 Å². The van der Waals surface area contributed by atoms with E-state index in [1.54, 1.807) is 73.3 Å². The molecule has 49 heavy (non-hydrogen) atoms. The minimum Gasteiger partial charge on any atom is -0.497 e. The van der Waals surface area contributed by atoms with E-state index in [0.29, 0.717) is 35.0 Å². The largest absolute Gasteiger partial charge is 0.497 e. The highest BCUT2D eigenvalue weighted by Gasteiger charge is 2.31. The van der Waals surface area contributed by atoms with E-state index in [1.165, 1.54) is 0 Å². The Kier molecular flexibility index (Phi) is 13.8. The van der Waals surface area contributed by atoms with Gasteiger partial charge in [-0.1, -0.05) is 37.3 Å². The van der Waals surface area contributed by atoms with Gasteiger partial charge in [0.1, 0.15) is 11.5 Å². The van der Waals surface area contributed by atoms with Crippen LogP contribution >= 0.6 is 0 Å². The Hall–Kier alpha value is -4.61. The average Bonchev–Trinajstić information content (AvgIpc) is 3.10. The normalized spacial score (nSPS) is 19.4. The third kappa shape index (κ3) is 11.0. The molecule has 0 saturated carbocycles. The number of hydrogen-bond donors (Lipinski definition) is 3. The minimum atomic E-state index is -0.527. The van der Waals surface area contributed by atoms with Crippen molar-refractivity contribution in [2.45, 2.75) is 64.7 Å². The van der Waals surface area contributed by atoms with Gasteiger partial charge in [-0.15, -0.1) is 0 Å². The molecule has 0 radical (unpaired) electrons. The monoisotopic (exact) mass is 674 g/mol. The molecule has 1 aliphatic heterocycles. The maximum Gasteiger partial charge on any atom is 0.321 e. The van der Waals surface area contributed by atoms with Gasteiger partial charge < -0.3 is 39.8 Å². The number of hydrogen-bond acceptors (Lipinski definition) is 7. The van der Waals surface area contributed by atoms with Gasteiger partial charge in [-0.25, -0.2) is 4.79 Å². The number of nitrogens with zero attached hydrogens (tertiary/aromatic N) is 2. The number of carbonyl (C=O) groups is 3. The smallest absolute Gasteiger partial charge is 0.321 e. The second kappa shape index (κ2) is 18.2. The number of carbonyl (C=O) groups excluding carboxylic acids is 3. The van der Waals surface area contributed by atoms with E-state index in [9.17, 15) is 19.5 Å². The first kappa shape index (κ1) is 37.2. The third-order valence-corrected chi connectivity index (χ3v) is 8.68. The van der Waals surface area contributed by atoms with E-state index in [1.807, 2.05) is 44.2 Å². The molecular formula is C38H50N4O7. The molecule has 0 fully saturated rings. The van der Waals surface area contributed by atoms with E-state index in [4.69, 9.17) is 14.2 Å². The van der Waals surface area contributed by atoms with Crippen LogP contribution in [-0.2, 0) is 16.0 Å². The van der Waals surface area contributed by atoms with E-state index in [-0.39, 0.29) is 56.0 Å². The zero-order valence-electron chi connectivity index (χ0n) is 29.2. The molecule has 11 heteroatoms. The average molecular weight is 675 g/mol. The molecule has 0 unspecified atom stereocenters. The van der Waals surface area contributed by atoms with E-state index in [0.717, 1.165) is 24.8 Å². The standard InChI is InChI=1S/C38H50N4O7/c1-26-23-42(27(2)25-43)37(45)33-22-31(39-36(44)21-29-12-7-6-8-13-29)16-19-34(33)49-28(3)11-9-10-20-48-35(26)24-41(4)38(46)40-30-14-17-32(47-5)18-15-30/h6-8,12-19,22,26-28,35,43H,9-11,20-21,23-25H2,1-5H3,(H,39,44)(H,40,46)/t26-,27+,28-,35+/m1/s1. The molecule has 4 atom stereocenters. The number of amides is 4. The molecule has 0 aliphatic carbocycles. The van der Waals surface area contributed by atoms with Gasteiger partial charge in [0, 0.05) is 44.0 Å². The summed E-state index contributed by atoms with van der Waals surface area (Å²) in [4.78, 5) is 43.6. The first-order chi connectivity index (χ1) is 23.6. The summed E-state index contributed by atoms with van der Waals surface area (Å²) in [7, 11) is 3.30. The lowest BCUT2D eigenvalue weighted by atomic mass is 10.0. The number of ether oxygens (including phenoxy) is 3. The third-order valence-electron chi connectivity index (χ3n) is 8.68. The summed E-state index contributed by atoms with van der Waals surface area (Å²) in [5.41, 5.74) is 2.28. The number of likely N-dealkylation sites (N-methyl/N-ethyl adjacent to an activating group) is 1. The topological polar surface area (TPSA) is 130 Å². The number of nitrogens with one attached hydrogen (secondary N) is 2. The predicted octanol–water partition coefficient (Wildman–Crippen LogP) is 5.84. The highest BCUT2D eigenvalue weighted by Crippen LogP contribution is 2.29. The van der Waals surface area contributed by atoms with Gasteiger partial charge in [0.05, 0.1) is 44.0 Å². The summed E-state index contributed by atoms with van der Waals surface area (Å²) in [6, 6.07) is 20.8. The highest BCUT2D eigenvalue weighted by atomic mass is 16.5. The van der Waals surface area contributed by atoms with Crippen molar-refractivity contribution in [2.75, 3.05) is 51.1 Å². The summed E-state index contributed by atoms with van der Waals surface area (Å²) >= 11 is 0. The van der Waals surface area contributed by atoms with Crippen LogP contribution in [0.25, 0.3) is 0 Å². The molecule has 3 aromatic rings. The predicted molar refractivity (Wildman–Crippen MR) is 190 cm³/mol. The quantitative estimate of drug-likeness (QED) is 0.260. The molecule has 4 amide bonds. The fourth-order valence-corrected chi connectivity index (χ4v) is 5.70. The van der Waals surface area contributed by atoms with Crippen molar-refractivity contribution >= 4 is 29.2 Å². The lowest BCUT2D eigenvalue weighted by molar-refractivity contribution is -0.115. The molecule has 0 bridgehead atoms. The molecule has 3 N–H and O–H groups in total. The molecule has 264 valence electrons. The maximum atomic E-state index is 14.4. The summed E-state index contributed by atoms with van der Waals surface area (Å²) in [5, 5.41) is 16.1. The van der Waals surface area contributed by atoms with Gasteiger partial charge in [0.2, 0.25) is 5.91 Å². The number of aliphatic hydroxyl groups excluding tert-OH is 1. The summed E-state index contributed by atoms with van der Waals surface area (Å²) in [6.07, 6.45) is 2.01. The van der Waals surface area contributed by atoms with Crippen molar-refractivity contribution in [3.63, 3.8) is 0 Å². The van der Waals surface area contributed by atoms with Crippen molar-refractivity contribution in [1.29, 1.82) is 0 Å². The number of fused-ring (bicyclic) bond motifs is 1. The molecule has 0 spiro atoms. The van der Waals surface area contributed by atoms with Crippen molar-refractivity contribution in [1.82, 2.24) is 9.80 Å². The Morgan fingerprint density at radius 1 is 1.02 bits per heavy atom. The van der Waals surface area contributed by atoms with E-state index in [2.05, 4.69) is 10.6 Å². The van der Waals surface area contributed by atoms with Gasteiger partial charge in [0.25, 0.3) is 5.91 Å². The number of rotatable bonds is 9. The van der Waals surface area contributed by atoms with Crippen LogP contribution in [0.5, 0.6) is 11.5 Å². The second-order valence-corrected chi connectivity index (χ2v) is 12.8. The molecule has 1 aliphatic rings. The number of methoxy groups -OCH3 is 1. The van der Waals surface area contributed by atoms with Crippen molar-refractivity contribution in [3.05, 3.63) is 83.9 Å². The second-order valence-electron chi connectivity index (χ2n) is 12.8. The SMILES string of the molecule is COc1ccc(NC(=O)N(C)C[C@@H]2OCCCC[C@@H](C)Oc3ccc(NC(=O)Cc4ccccc4)cc3C(=O)N([C@@H](C)CO)C[C@H]2C)cc1. The number of aliphatic hydroxyl groups is 1. The zero-order valence-corrected chi connectivity index (χ0v) is 29.2. The summed E-state index contributed by atoms with van der Waals surface area (Å²) in [5.74, 6) is 0.353. The number of urea groups is 1. The van der Waals surface area contributed by atoms with Gasteiger partial charge >= 0.3 is 6.03 Å². The van der Waals surface area contributed by atoms with E-state index < -0.39 is 12.1 Å². The number of benzene rings is 3. The lowest BCUT2D eigenvalue weighted by Gasteiger charge is -2.35. The molecule has 0 aromatic heterocycles. The zero-order chi connectivity index (χ0) is 35.3. The summed E-state index contributed by atoms with van der Waals surface area (Å²) in [6.45, 7) is 6.50. The summed E-state index contributed by atoms with van der Waals surface area (Å²) < 4.78 is 17.9. The Balaban J connectivity index is 1.56. The fraction of sp³-hybridized carbons (Fsp3) is 0.447. The van der Waals surface area contributed by atoms with Crippen molar-refractivity contribution in [3.8, 4) is 11.5 Å². The van der Waals surface area contributed by atoms with Crippen LogP contribution in [0.1, 0.15) is 56.0 Å². The molecule has 1 heterocycles. The van der Waals surface area contributed by atoms with Crippen LogP contribution in [0.15, 0.2) is 72.8 Å². The van der Waals surface area contributed by atoms with Gasteiger partial charge in [0.15, 0.2) is 0 Å². The van der Waals surface area contributed by atoms with E-state index >= 15 is 0 Å². The molecule has 11 nitrogen and oxygen atoms in total. The van der Waals surface area contributed by atoms with Crippen LogP contribution in [-0.4, -0.2) is 91.5 Å². The molecule has 0 saturated heterocycles. The van der Waals surface area contributed by atoms with Crippen molar-refractivity contribution in [2.24, 2.45) is 5.92 Å². The fourth-order valence-electron chi connectivity index (χ4n) is 5.70. The first-order valence-electron chi connectivity index (χ1n) is 16.9. The van der Waals surface area contributed by atoms with Gasteiger partial charge in [-0.05, 0) is 81.1 Å². The Morgan fingerprint density at radius 2 is 1.73 bits per heavy atom. The van der Waals surface area contributed by atoms with Gasteiger partial charge in [-0.2, -0.15) is 0 Å². The molecular weight excluding hydrogens is 624 g/mol. The molecule has 3 aromatic carbocycles. The van der Waals surface area contributed by atoms with Crippen LogP contribution in [0.2, 0.25) is 0 Å². The van der Waals surface area contributed by atoms with Crippen LogP contribution in [0, 0.1) is 5.92 Å². The Morgan fingerprint density at radius 3 is 2.43 bits per heavy atom. The maximum absolute atomic E-state index is 14.4. The number of anilines is 2. The van der Waals surface area contributed by atoms with Crippen LogP contribution in [0.3, 0.4) is 0 Å². The molecule has 4 rings (SSSR count). The lowest BCUT2D eigenvalue weighted by Crippen LogP contribution is -2.48. The highest BCUT2D eigenvalue weighted by molar-refractivity contribution is 6.00. The Labute approximate surface area is 289 Å².